The van der Waals surface area contributed by atoms with Gasteiger partial charge in [-0.2, -0.15) is 0 Å². The fourth-order valence-corrected chi connectivity index (χ4v) is 2.45. The van der Waals surface area contributed by atoms with Gasteiger partial charge in [0.2, 0.25) is 0 Å². The van der Waals surface area contributed by atoms with E-state index in [2.05, 4.69) is 21.1 Å². The average Bonchev–Trinajstić information content (AvgIpc) is 2.75. The molecule has 0 radical (unpaired) electrons. The van der Waals surface area contributed by atoms with Crippen molar-refractivity contribution in [3.8, 4) is 0 Å². The fraction of sp³-hybridized carbons (Fsp3) is 0.750. The Hall–Kier alpha value is -0.830. The van der Waals surface area contributed by atoms with Crippen LogP contribution in [0.15, 0.2) is 12.5 Å². The van der Waals surface area contributed by atoms with Crippen LogP contribution in [-0.2, 0) is 13.0 Å². The first-order valence-electron chi connectivity index (χ1n) is 6.11. The van der Waals surface area contributed by atoms with E-state index in [1.54, 1.807) is 0 Å². The van der Waals surface area contributed by atoms with Crippen LogP contribution in [0.3, 0.4) is 0 Å². The van der Waals surface area contributed by atoms with Gasteiger partial charge in [-0.05, 0) is 50.6 Å². The normalized spacial score (nSPS) is 26.0. The Morgan fingerprint density at radius 1 is 1.33 bits per heavy atom. The molecular weight excluding hydrogens is 186 g/mol. The Bertz CT molecular complexity index is 321. The third-order valence-electron chi connectivity index (χ3n) is 3.61. The largest absolute Gasteiger partial charge is 0.334 e. The van der Waals surface area contributed by atoms with Crippen LogP contribution in [0.1, 0.15) is 25.0 Å². The molecule has 1 aromatic rings. The summed E-state index contributed by atoms with van der Waals surface area (Å²) in [6.07, 6.45) is 9.44. The lowest BCUT2D eigenvalue weighted by Gasteiger charge is -2.10. The summed E-state index contributed by atoms with van der Waals surface area (Å²) in [5.41, 5.74) is 1.44. The second kappa shape index (κ2) is 3.97. The molecule has 1 aliphatic heterocycles. The summed E-state index contributed by atoms with van der Waals surface area (Å²) < 4.78 is 2.37. The highest BCUT2D eigenvalue weighted by molar-refractivity contribution is 5.01. The second-order valence-electron chi connectivity index (χ2n) is 5.04. The molecule has 1 saturated heterocycles. The van der Waals surface area contributed by atoms with Gasteiger partial charge in [0.25, 0.3) is 0 Å². The van der Waals surface area contributed by atoms with Gasteiger partial charge in [-0.1, -0.05) is 0 Å². The maximum Gasteiger partial charge on any atom is 0.0948 e. The third-order valence-corrected chi connectivity index (χ3v) is 3.61. The van der Waals surface area contributed by atoms with E-state index in [1.165, 1.54) is 51.0 Å². The Labute approximate surface area is 90.9 Å². The van der Waals surface area contributed by atoms with E-state index >= 15 is 0 Å². The average molecular weight is 205 g/mol. The Morgan fingerprint density at radius 3 is 3.00 bits per heavy atom. The van der Waals surface area contributed by atoms with Gasteiger partial charge in [0, 0.05) is 18.4 Å². The molecule has 15 heavy (non-hydrogen) atoms. The Morgan fingerprint density at radius 2 is 2.27 bits per heavy atom. The van der Waals surface area contributed by atoms with Crippen molar-refractivity contribution in [2.45, 2.75) is 32.2 Å². The maximum atomic E-state index is 4.29. The predicted octanol–water partition coefficient (Wildman–Crippen LogP) is 1.45. The van der Waals surface area contributed by atoms with Crippen molar-refractivity contribution in [1.29, 1.82) is 0 Å². The van der Waals surface area contributed by atoms with Crippen molar-refractivity contribution in [1.82, 2.24) is 14.9 Å². The molecule has 0 amide bonds. The smallest absolute Gasteiger partial charge is 0.0948 e. The van der Waals surface area contributed by atoms with E-state index in [-0.39, 0.29) is 0 Å². The van der Waals surface area contributed by atoms with Crippen molar-refractivity contribution >= 4 is 0 Å². The Kier molecular flexibility index (Phi) is 2.49. The minimum atomic E-state index is 0.833. The molecular formula is C12H19N3. The number of rotatable bonds is 4. The van der Waals surface area contributed by atoms with Crippen LogP contribution in [0.25, 0.3) is 0 Å². The van der Waals surface area contributed by atoms with Gasteiger partial charge in [0.05, 0.1) is 6.33 Å². The van der Waals surface area contributed by atoms with E-state index in [0.29, 0.717) is 0 Å². The fourth-order valence-electron chi connectivity index (χ4n) is 2.45. The lowest BCUT2D eigenvalue weighted by Crippen LogP contribution is -2.13. The molecule has 0 aromatic carbocycles. The van der Waals surface area contributed by atoms with Crippen molar-refractivity contribution in [2.24, 2.45) is 11.8 Å². The van der Waals surface area contributed by atoms with Gasteiger partial charge >= 0.3 is 0 Å². The van der Waals surface area contributed by atoms with Crippen LogP contribution in [0.2, 0.25) is 0 Å². The zero-order chi connectivity index (χ0) is 10.1. The predicted molar refractivity (Wildman–Crippen MR) is 59.6 cm³/mol. The molecule has 1 unspecified atom stereocenters. The molecule has 2 fully saturated rings. The van der Waals surface area contributed by atoms with E-state index in [4.69, 9.17) is 0 Å². The standard InChI is InChI=1S/C12H19N3/c1-2-10(1)8-15-9-14-7-12(15)5-11-3-4-13-6-11/h7,9-11,13H,1-6,8H2. The number of imidazole rings is 1. The first kappa shape index (κ1) is 9.40. The monoisotopic (exact) mass is 205 g/mol. The lowest BCUT2D eigenvalue weighted by atomic mass is 10.0. The van der Waals surface area contributed by atoms with Crippen LogP contribution in [0.4, 0.5) is 0 Å². The molecule has 1 N–H and O–H groups in total. The molecule has 2 heterocycles. The molecule has 0 bridgehead atoms. The van der Waals surface area contributed by atoms with Crippen molar-refractivity contribution in [3.63, 3.8) is 0 Å². The molecule has 3 heteroatoms. The molecule has 3 nitrogen and oxygen atoms in total. The number of nitrogens with one attached hydrogen (secondary N) is 1. The molecule has 1 atom stereocenters. The highest BCUT2D eigenvalue weighted by Gasteiger charge is 2.23. The van der Waals surface area contributed by atoms with E-state index < -0.39 is 0 Å². The third kappa shape index (κ3) is 2.23. The molecule has 3 rings (SSSR count). The summed E-state index contributed by atoms with van der Waals surface area (Å²) in [6, 6.07) is 0. The van der Waals surface area contributed by atoms with Gasteiger partial charge in [-0.25, -0.2) is 4.98 Å². The second-order valence-corrected chi connectivity index (χ2v) is 5.04. The van der Waals surface area contributed by atoms with Crippen LogP contribution in [0.5, 0.6) is 0 Å². The zero-order valence-electron chi connectivity index (χ0n) is 9.15. The molecule has 1 saturated carbocycles. The zero-order valence-corrected chi connectivity index (χ0v) is 9.15. The number of nitrogens with zero attached hydrogens (tertiary/aromatic N) is 2. The summed E-state index contributed by atoms with van der Waals surface area (Å²) in [6.45, 7) is 3.59. The Balaban J connectivity index is 1.64. The van der Waals surface area contributed by atoms with Crippen LogP contribution in [-0.4, -0.2) is 22.6 Å². The first-order valence-corrected chi connectivity index (χ1v) is 6.11. The van der Waals surface area contributed by atoms with Gasteiger partial charge in [0.1, 0.15) is 0 Å². The van der Waals surface area contributed by atoms with E-state index in [9.17, 15) is 0 Å². The van der Waals surface area contributed by atoms with Crippen molar-refractivity contribution in [3.05, 3.63) is 18.2 Å². The highest BCUT2D eigenvalue weighted by Crippen LogP contribution is 2.31. The molecule has 1 aliphatic carbocycles. The van der Waals surface area contributed by atoms with Gasteiger partial charge in [-0.15, -0.1) is 0 Å². The molecule has 2 aliphatic rings. The lowest BCUT2D eigenvalue weighted by molar-refractivity contribution is 0.530. The van der Waals surface area contributed by atoms with Crippen LogP contribution < -0.4 is 5.32 Å². The minimum Gasteiger partial charge on any atom is -0.334 e. The maximum absolute atomic E-state index is 4.29. The highest BCUT2D eigenvalue weighted by atomic mass is 15.1. The van der Waals surface area contributed by atoms with Gasteiger partial charge < -0.3 is 9.88 Å². The summed E-state index contributed by atoms with van der Waals surface area (Å²) in [5, 5.41) is 3.43. The quantitative estimate of drug-likeness (QED) is 0.806. The number of hydrogen-bond acceptors (Lipinski definition) is 2. The summed E-state index contributed by atoms with van der Waals surface area (Å²) in [7, 11) is 0. The SMILES string of the molecule is c1ncn(CC2CC2)c1CC1CCNC1. The number of aromatic nitrogens is 2. The van der Waals surface area contributed by atoms with E-state index in [1.807, 2.05) is 6.33 Å². The van der Waals surface area contributed by atoms with Gasteiger partial charge in [0.15, 0.2) is 0 Å². The molecule has 1 aromatic heterocycles. The molecule has 0 spiro atoms. The van der Waals surface area contributed by atoms with Crippen LogP contribution in [0, 0.1) is 11.8 Å². The van der Waals surface area contributed by atoms with Crippen molar-refractivity contribution < 1.29 is 0 Å². The van der Waals surface area contributed by atoms with E-state index in [0.717, 1.165) is 11.8 Å². The van der Waals surface area contributed by atoms with Gasteiger partial charge in [-0.3, -0.25) is 0 Å². The van der Waals surface area contributed by atoms with Crippen LogP contribution >= 0.6 is 0 Å². The summed E-state index contributed by atoms with van der Waals surface area (Å²) in [4.78, 5) is 4.29. The topological polar surface area (TPSA) is 29.9 Å². The number of hydrogen-bond donors (Lipinski definition) is 1. The first-order chi connectivity index (χ1) is 7.42. The summed E-state index contributed by atoms with van der Waals surface area (Å²) in [5.74, 6) is 1.78. The summed E-state index contributed by atoms with van der Waals surface area (Å²) >= 11 is 0. The van der Waals surface area contributed by atoms with Crippen molar-refractivity contribution in [2.75, 3.05) is 13.1 Å². The minimum absolute atomic E-state index is 0.833. The molecule has 82 valence electrons.